The van der Waals surface area contributed by atoms with Crippen LogP contribution >= 0.6 is 0 Å². The Labute approximate surface area is 68.2 Å². The van der Waals surface area contributed by atoms with Crippen LogP contribution in [0.5, 0.6) is 0 Å². The molecular weight excluding hydrogens is 134 g/mol. The molecule has 0 aliphatic carbocycles. The predicted octanol–water partition coefficient (Wildman–Crippen LogP) is 2.40. The molecule has 60 valence electrons. The van der Waals surface area contributed by atoms with Gasteiger partial charge >= 0.3 is 0 Å². The van der Waals surface area contributed by atoms with Crippen molar-refractivity contribution in [3.8, 4) is 0 Å². The van der Waals surface area contributed by atoms with E-state index in [1.54, 1.807) is 0 Å². The second kappa shape index (κ2) is 3.54. The van der Waals surface area contributed by atoms with Gasteiger partial charge in [0.15, 0.2) is 0 Å². The fourth-order valence-electron chi connectivity index (χ4n) is 1.22. The van der Waals surface area contributed by atoms with Gasteiger partial charge in [-0.05, 0) is 24.5 Å². The lowest BCUT2D eigenvalue weighted by Gasteiger charge is -2.11. The van der Waals surface area contributed by atoms with Crippen LogP contribution in [0.1, 0.15) is 30.5 Å². The van der Waals surface area contributed by atoms with Gasteiger partial charge in [-0.25, -0.2) is 0 Å². The molecular formula is C10H15N. The van der Waals surface area contributed by atoms with E-state index < -0.39 is 0 Å². The highest BCUT2D eigenvalue weighted by Crippen LogP contribution is 2.16. The SMILES string of the molecule is CC[C@@H](N)c1ccccc1C. The maximum absolute atomic E-state index is 5.90. The standard InChI is InChI=1S/C10H15N/c1-3-10(11)9-7-5-4-6-8(9)2/h4-7,10H,3,11H2,1-2H3/t10-/m1/s1. The lowest BCUT2D eigenvalue weighted by atomic mass is 10.0. The van der Waals surface area contributed by atoms with Gasteiger partial charge in [-0.2, -0.15) is 0 Å². The minimum Gasteiger partial charge on any atom is -0.324 e. The van der Waals surface area contributed by atoms with Gasteiger partial charge in [-0.15, -0.1) is 0 Å². The van der Waals surface area contributed by atoms with Crippen LogP contribution in [0.15, 0.2) is 24.3 Å². The Bertz CT molecular complexity index is 230. The second-order valence-corrected chi connectivity index (χ2v) is 2.87. The minimum absolute atomic E-state index is 0.205. The fourth-order valence-corrected chi connectivity index (χ4v) is 1.22. The van der Waals surface area contributed by atoms with Crippen LogP contribution in [0.3, 0.4) is 0 Å². The van der Waals surface area contributed by atoms with Crippen molar-refractivity contribution in [2.75, 3.05) is 0 Å². The van der Waals surface area contributed by atoms with Crippen molar-refractivity contribution in [1.82, 2.24) is 0 Å². The number of nitrogens with two attached hydrogens (primary N) is 1. The van der Waals surface area contributed by atoms with Crippen molar-refractivity contribution in [3.05, 3.63) is 35.4 Å². The second-order valence-electron chi connectivity index (χ2n) is 2.87. The summed E-state index contributed by atoms with van der Waals surface area (Å²) in [6.07, 6.45) is 1.00. The first kappa shape index (κ1) is 8.28. The summed E-state index contributed by atoms with van der Waals surface area (Å²) in [5, 5.41) is 0. The largest absolute Gasteiger partial charge is 0.324 e. The quantitative estimate of drug-likeness (QED) is 0.686. The predicted molar refractivity (Wildman–Crippen MR) is 48.4 cm³/mol. The Morgan fingerprint density at radius 2 is 2.00 bits per heavy atom. The fraction of sp³-hybridized carbons (Fsp3) is 0.400. The van der Waals surface area contributed by atoms with E-state index in [9.17, 15) is 0 Å². The van der Waals surface area contributed by atoms with Gasteiger partial charge in [0.25, 0.3) is 0 Å². The number of hydrogen-bond donors (Lipinski definition) is 1. The van der Waals surface area contributed by atoms with E-state index >= 15 is 0 Å². The molecule has 0 amide bonds. The molecule has 0 saturated heterocycles. The van der Waals surface area contributed by atoms with Gasteiger partial charge < -0.3 is 5.73 Å². The first-order chi connectivity index (χ1) is 5.25. The molecule has 0 saturated carbocycles. The third-order valence-corrected chi connectivity index (χ3v) is 2.03. The third-order valence-electron chi connectivity index (χ3n) is 2.03. The molecule has 1 aromatic rings. The average molecular weight is 149 g/mol. The van der Waals surface area contributed by atoms with Gasteiger partial charge in [-0.1, -0.05) is 31.2 Å². The Morgan fingerprint density at radius 3 is 2.55 bits per heavy atom. The maximum Gasteiger partial charge on any atom is 0.0294 e. The summed E-state index contributed by atoms with van der Waals surface area (Å²) in [7, 11) is 0. The first-order valence-corrected chi connectivity index (χ1v) is 4.06. The van der Waals surface area contributed by atoms with Crippen molar-refractivity contribution >= 4 is 0 Å². The van der Waals surface area contributed by atoms with E-state index in [-0.39, 0.29) is 6.04 Å². The molecule has 11 heavy (non-hydrogen) atoms. The van der Waals surface area contributed by atoms with E-state index in [1.165, 1.54) is 11.1 Å². The lowest BCUT2D eigenvalue weighted by molar-refractivity contribution is 0.694. The highest BCUT2D eigenvalue weighted by molar-refractivity contribution is 5.28. The zero-order chi connectivity index (χ0) is 8.27. The molecule has 0 aliphatic heterocycles. The van der Waals surface area contributed by atoms with E-state index in [0.29, 0.717) is 0 Å². The molecule has 0 aliphatic rings. The van der Waals surface area contributed by atoms with Crippen molar-refractivity contribution in [2.24, 2.45) is 5.73 Å². The Kier molecular flexibility index (Phi) is 2.66. The molecule has 1 rings (SSSR count). The van der Waals surface area contributed by atoms with E-state index in [0.717, 1.165) is 6.42 Å². The summed E-state index contributed by atoms with van der Waals surface area (Å²) in [4.78, 5) is 0. The number of benzene rings is 1. The van der Waals surface area contributed by atoms with Gasteiger partial charge in [0, 0.05) is 6.04 Å². The molecule has 1 heteroatoms. The molecule has 0 unspecified atom stereocenters. The van der Waals surface area contributed by atoms with E-state index in [4.69, 9.17) is 5.73 Å². The smallest absolute Gasteiger partial charge is 0.0294 e. The summed E-state index contributed by atoms with van der Waals surface area (Å²) in [5.74, 6) is 0. The van der Waals surface area contributed by atoms with Crippen molar-refractivity contribution in [1.29, 1.82) is 0 Å². The average Bonchev–Trinajstić information content (AvgIpc) is 2.04. The number of aryl methyl sites for hydroxylation is 1. The van der Waals surface area contributed by atoms with E-state index in [2.05, 4.69) is 26.0 Å². The van der Waals surface area contributed by atoms with Crippen LogP contribution in [-0.4, -0.2) is 0 Å². The molecule has 1 aromatic carbocycles. The summed E-state index contributed by atoms with van der Waals surface area (Å²) < 4.78 is 0. The van der Waals surface area contributed by atoms with Crippen molar-refractivity contribution in [2.45, 2.75) is 26.3 Å². The summed E-state index contributed by atoms with van der Waals surface area (Å²) in [6, 6.07) is 8.49. The van der Waals surface area contributed by atoms with Gasteiger partial charge in [-0.3, -0.25) is 0 Å². The van der Waals surface area contributed by atoms with Crippen molar-refractivity contribution < 1.29 is 0 Å². The third kappa shape index (κ3) is 1.81. The number of rotatable bonds is 2. The van der Waals surface area contributed by atoms with Crippen LogP contribution in [0.25, 0.3) is 0 Å². The zero-order valence-corrected chi connectivity index (χ0v) is 7.17. The monoisotopic (exact) mass is 149 g/mol. The molecule has 0 aromatic heterocycles. The molecule has 0 spiro atoms. The van der Waals surface area contributed by atoms with Gasteiger partial charge in [0.05, 0.1) is 0 Å². The highest BCUT2D eigenvalue weighted by Gasteiger charge is 2.03. The van der Waals surface area contributed by atoms with Gasteiger partial charge in [0.1, 0.15) is 0 Å². The molecule has 0 fully saturated rings. The Balaban J connectivity index is 2.93. The first-order valence-electron chi connectivity index (χ1n) is 4.06. The topological polar surface area (TPSA) is 26.0 Å². The summed E-state index contributed by atoms with van der Waals surface area (Å²) >= 11 is 0. The molecule has 2 N–H and O–H groups in total. The van der Waals surface area contributed by atoms with Crippen LogP contribution in [-0.2, 0) is 0 Å². The van der Waals surface area contributed by atoms with E-state index in [1.807, 2.05) is 12.1 Å². The van der Waals surface area contributed by atoms with Gasteiger partial charge in [0.2, 0.25) is 0 Å². The Morgan fingerprint density at radius 1 is 1.36 bits per heavy atom. The normalized spacial score (nSPS) is 13.0. The van der Waals surface area contributed by atoms with Crippen LogP contribution in [0.2, 0.25) is 0 Å². The molecule has 1 atom stereocenters. The molecule has 0 heterocycles. The van der Waals surface area contributed by atoms with Crippen molar-refractivity contribution in [3.63, 3.8) is 0 Å². The van der Waals surface area contributed by atoms with Crippen LogP contribution < -0.4 is 5.73 Å². The molecule has 0 bridgehead atoms. The lowest BCUT2D eigenvalue weighted by Crippen LogP contribution is -2.09. The number of hydrogen-bond acceptors (Lipinski definition) is 1. The molecule has 0 radical (unpaired) electrons. The zero-order valence-electron chi connectivity index (χ0n) is 7.17. The van der Waals surface area contributed by atoms with Crippen LogP contribution in [0.4, 0.5) is 0 Å². The Hall–Kier alpha value is -0.820. The summed E-state index contributed by atoms with van der Waals surface area (Å²) in [5.41, 5.74) is 8.46. The minimum atomic E-state index is 0.205. The summed E-state index contributed by atoms with van der Waals surface area (Å²) in [6.45, 7) is 4.21. The highest BCUT2D eigenvalue weighted by atomic mass is 14.6. The van der Waals surface area contributed by atoms with Crippen LogP contribution in [0, 0.1) is 6.92 Å². The molecule has 1 nitrogen and oxygen atoms in total. The maximum atomic E-state index is 5.90.